The average Bonchev–Trinajstić information content (AvgIpc) is 2.83. The van der Waals surface area contributed by atoms with E-state index in [0.29, 0.717) is 0 Å². The molecule has 2 aromatic heterocycles. The summed E-state index contributed by atoms with van der Waals surface area (Å²) in [5.41, 5.74) is 4.94. The predicted octanol–water partition coefficient (Wildman–Crippen LogP) is 4.57. The summed E-state index contributed by atoms with van der Waals surface area (Å²) in [4.78, 5) is 3.56. The second-order valence-corrected chi connectivity index (χ2v) is 6.19. The minimum atomic E-state index is 0.777. The van der Waals surface area contributed by atoms with E-state index < -0.39 is 0 Å². The normalized spacial score (nSPS) is 11.8. The van der Waals surface area contributed by atoms with Crippen LogP contribution in [-0.4, -0.2) is 4.98 Å². The molecule has 104 valence electrons. The van der Waals surface area contributed by atoms with Crippen LogP contribution < -0.4 is 4.57 Å². The summed E-state index contributed by atoms with van der Waals surface area (Å²) in [5, 5.41) is 5.86. The van der Waals surface area contributed by atoms with Gasteiger partial charge in [-0.1, -0.05) is 11.6 Å². The largest absolute Gasteiger partial charge is 0.354 e. The third-order valence-electron chi connectivity index (χ3n) is 4.42. The molecule has 0 saturated carbocycles. The molecule has 0 atom stereocenters. The van der Waals surface area contributed by atoms with Crippen molar-refractivity contribution in [1.29, 1.82) is 0 Å². The Morgan fingerprint density at radius 1 is 1.00 bits per heavy atom. The lowest BCUT2D eigenvalue weighted by atomic mass is 9.97. The van der Waals surface area contributed by atoms with Crippen LogP contribution in [0.2, 0.25) is 5.02 Å². The first-order valence-corrected chi connectivity index (χ1v) is 7.43. The molecule has 0 aliphatic rings. The van der Waals surface area contributed by atoms with Gasteiger partial charge in [-0.25, -0.2) is 4.57 Å². The first-order valence-electron chi connectivity index (χ1n) is 7.05. The van der Waals surface area contributed by atoms with Gasteiger partial charge in [0.15, 0.2) is 12.4 Å². The molecule has 1 N–H and O–H groups in total. The smallest absolute Gasteiger partial charge is 0.176 e. The summed E-state index contributed by atoms with van der Waals surface area (Å²) in [7, 11) is 2.06. The molecular formula is C18H16ClN2+. The minimum absolute atomic E-state index is 0.777. The van der Waals surface area contributed by atoms with Gasteiger partial charge in [0.25, 0.3) is 0 Å². The van der Waals surface area contributed by atoms with Crippen LogP contribution in [-0.2, 0) is 7.05 Å². The van der Waals surface area contributed by atoms with Crippen LogP contribution >= 0.6 is 11.6 Å². The fraction of sp³-hybridized carbons (Fsp3) is 0.167. The van der Waals surface area contributed by atoms with Crippen molar-refractivity contribution in [2.75, 3.05) is 0 Å². The number of hydrogen-bond donors (Lipinski definition) is 1. The lowest BCUT2D eigenvalue weighted by Crippen LogP contribution is -2.26. The molecule has 0 bridgehead atoms. The van der Waals surface area contributed by atoms with E-state index >= 15 is 0 Å². The van der Waals surface area contributed by atoms with Crippen LogP contribution in [0.3, 0.4) is 0 Å². The molecule has 2 heterocycles. The third-order valence-corrected chi connectivity index (χ3v) is 4.65. The quantitative estimate of drug-likeness (QED) is 0.459. The van der Waals surface area contributed by atoms with Gasteiger partial charge in [-0.2, -0.15) is 0 Å². The Morgan fingerprint density at radius 3 is 2.62 bits per heavy atom. The Labute approximate surface area is 128 Å². The first kappa shape index (κ1) is 12.7. The van der Waals surface area contributed by atoms with Gasteiger partial charge < -0.3 is 4.98 Å². The molecule has 4 aromatic rings. The van der Waals surface area contributed by atoms with E-state index in [0.717, 1.165) is 10.5 Å². The molecule has 0 unspecified atom stereocenters. The van der Waals surface area contributed by atoms with Gasteiger partial charge in [0.2, 0.25) is 0 Å². The monoisotopic (exact) mass is 295 g/mol. The van der Waals surface area contributed by atoms with Crippen LogP contribution in [0.15, 0.2) is 36.7 Å². The average molecular weight is 296 g/mol. The highest BCUT2D eigenvalue weighted by Crippen LogP contribution is 2.36. The number of halogens is 1. The fourth-order valence-electron chi connectivity index (χ4n) is 3.33. The maximum absolute atomic E-state index is 6.19. The molecule has 0 fully saturated rings. The topological polar surface area (TPSA) is 19.7 Å². The highest BCUT2D eigenvalue weighted by molar-refractivity contribution is 6.32. The van der Waals surface area contributed by atoms with Gasteiger partial charge in [-0.05, 0) is 48.6 Å². The van der Waals surface area contributed by atoms with Crippen molar-refractivity contribution in [2.45, 2.75) is 13.8 Å². The van der Waals surface area contributed by atoms with Gasteiger partial charge >= 0.3 is 0 Å². The van der Waals surface area contributed by atoms with E-state index in [4.69, 9.17) is 11.6 Å². The maximum Gasteiger partial charge on any atom is 0.176 e. The predicted molar refractivity (Wildman–Crippen MR) is 89.0 cm³/mol. The van der Waals surface area contributed by atoms with Crippen LogP contribution in [0.5, 0.6) is 0 Å². The van der Waals surface area contributed by atoms with Crippen LogP contribution in [0.1, 0.15) is 11.1 Å². The van der Waals surface area contributed by atoms with Crippen LogP contribution in [0, 0.1) is 13.8 Å². The van der Waals surface area contributed by atoms with Gasteiger partial charge in [-0.3, -0.25) is 0 Å². The first-order chi connectivity index (χ1) is 10.1. The van der Waals surface area contributed by atoms with Crippen molar-refractivity contribution in [2.24, 2.45) is 7.05 Å². The fourth-order valence-corrected chi connectivity index (χ4v) is 3.50. The van der Waals surface area contributed by atoms with Gasteiger partial charge in [-0.15, -0.1) is 0 Å². The van der Waals surface area contributed by atoms with Crippen molar-refractivity contribution in [3.8, 4) is 0 Å². The Kier molecular flexibility index (Phi) is 2.54. The summed E-state index contributed by atoms with van der Waals surface area (Å²) >= 11 is 6.19. The third kappa shape index (κ3) is 1.69. The number of H-pyrrole nitrogens is 1. The lowest BCUT2D eigenvalue weighted by Gasteiger charge is -2.07. The highest BCUT2D eigenvalue weighted by Gasteiger charge is 2.15. The van der Waals surface area contributed by atoms with Crippen molar-refractivity contribution in [1.82, 2.24) is 4.98 Å². The van der Waals surface area contributed by atoms with E-state index in [9.17, 15) is 0 Å². The number of aromatic amines is 1. The SMILES string of the molecule is Cc1c2cc[n+](C)cc2c(C)c2c1[nH]c1ccc(Cl)cc12. The molecular weight excluding hydrogens is 280 g/mol. The molecule has 0 saturated heterocycles. The summed E-state index contributed by atoms with van der Waals surface area (Å²) in [5.74, 6) is 0. The maximum atomic E-state index is 6.19. The number of rotatable bonds is 0. The molecule has 3 heteroatoms. The van der Waals surface area contributed by atoms with Crippen molar-refractivity contribution >= 4 is 44.2 Å². The summed E-state index contributed by atoms with van der Waals surface area (Å²) < 4.78 is 2.10. The second kappa shape index (κ2) is 4.22. The Bertz CT molecular complexity index is 1030. The van der Waals surface area contributed by atoms with Gasteiger partial charge in [0, 0.05) is 32.8 Å². The number of pyridine rings is 1. The van der Waals surface area contributed by atoms with Crippen molar-refractivity contribution in [3.63, 3.8) is 0 Å². The van der Waals surface area contributed by atoms with E-state index in [2.05, 4.69) is 61.0 Å². The van der Waals surface area contributed by atoms with Gasteiger partial charge in [0.1, 0.15) is 7.05 Å². The number of nitrogens with zero attached hydrogens (tertiary/aromatic N) is 1. The molecule has 21 heavy (non-hydrogen) atoms. The Balaban J connectivity index is 2.34. The van der Waals surface area contributed by atoms with Crippen LogP contribution in [0.25, 0.3) is 32.6 Å². The van der Waals surface area contributed by atoms with E-state index in [1.54, 1.807) is 0 Å². The molecule has 0 spiro atoms. The van der Waals surface area contributed by atoms with Crippen LogP contribution in [0.4, 0.5) is 0 Å². The zero-order valence-corrected chi connectivity index (χ0v) is 13.0. The molecule has 2 aromatic carbocycles. The Morgan fingerprint density at radius 2 is 1.81 bits per heavy atom. The number of fused-ring (bicyclic) bond motifs is 4. The standard InChI is InChI=1S/C18H15ClN2/c1-10-15-9-21(3)7-6-13(15)11(2)18-17(10)14-8-12(19)4-5-16(14)20-18/h4-9H,1-3H3/p+1. The van der Waals surface area contributed by atoms with Crippen molar-refractivity contribution < 1.29 is 4.57 Å². The number of hydrogen-bond acceptors (Lipinski definition) is 0. The molecule has 0 amide bonds. The van der Waals surface area contributed by atoms with Gasteiger partial charge in [0.05, 0.1) is 5.52 Å². The number of benzene rings is 2. The number of aromatic nitrogens is 2. The molecule has 0 aliphatic carbocycles. The van der Waals surface area contributed by atoms with E-state index in [-0.39, 0.29) is 0 Å². The van der Waals surface area contributed by atoms with Crippen molar-refractivity contribution in [3.05, 3.63) is 52.8 Å². The molecule has 2 nitrogen and oxygen atoms in total. The van der Waals surface area contributed by atoms with E-state index in [1.165, 1.54) is 38.2 Å². The summed E-state index contributed by atoms with van der Waals surface area (Å²) in [6.45, 7) is 4.37. The minimum Gasteiger partial charge on any atom is -0.354 e. The number of aryl methyl sites for hydroxylation is 3. The summed E-state index contributed by atoms with van der Waals surface area (Å²) in [6, 6.07) is 8.23. The molecule has 4 rings (SSSR count). The number of nitrogens with one attached hydrogen (secondary N) is 1. The summed E-state index contributed by atoms with van der Waals surface area (Å²) in [6.07, 6.45) is 4.29. The highest BCUT2D eigenvalue weighted by atomic mass is 35.5. The second-order valence-electron chi connectivity index (χ2n) is 5.75. The molecule has 0 radical (unpaired) electrons. The molecule has 0 aliphatic heterocycles. The zero-order valence-electron chi connectivity index (χ0n) is 12.3. The lowest BCUT2D eigenvalue weighted by molar-refractivity contribution is -0.670. The Hall–Kier alpha value is -2.06. The zero-order chi connectivity index (χ0) is 14.7. The van der Waals surface area contributed by atoms with E-state index in [1.807, 2.05) is 6.07 Å².